The van der Waals surface area contributed by atoms with E-state index in [-0.39, 0.29) is 18.0 Å². The van der Waals surface area contributed by atoms with Crippen molar-refractivity contribution in [1.29, 1.82) is 0 Å². The second-order valence-corrected chi connectivity index (χ2v) is 9.16. The van der Waals surface area contributed by atoms with E-state index in [1.165, 1.54) is 17.9 Å². The molecule has 1 fully saturated rings. The van der Waals surface area contributed by atoms with E-state index >= 15 is 0 Å². The smallest absolute Gasteiger partial charge is 0.263 e. The van der Waals surface area contributed by atoms with E-state index in [0.717, 1.165) is 11.4 Å². The maximum atomic E-state index is 13.4. The number of nitrogens with one attached hydrogen (secondary N) is 1. The summed E-state index contributed by atoms with van der Waals surface area (Å²) in [5.41, 5.74) is 1.55. The van der Waals surface area contributed by atoms with Gasteiger partial charge in [0, 0.05) is 43.1 Å². The maximum Gasteiger partial charge on any atom is 0.263 e. The van der Waals surface area contributed by atoms with Gasteiger partial charge in [-0.15, -0.1) is 0 Å². The third-order valence-electron chi connectivity index (χ3n) is 6.97. The average Bonchev–Trinajstić information content (AvgIpc) is 3.00. The Kier molecular flexibility index (Phi) is 7.49. The monoisotopic (exact) mass is 526 g/mol. The topological polar surface area (TPSA) is 93.1 Å². The molecule has 2 heterocycles. The zero-order valence-corrected chi connectivity index (χ0v) is 21.9. The molecule has 2 amide bonds. The van der Waals surface area contributed by atoms with Crippen LogP contribution in [-0.2, 0) is 4.79 Å². The molecule has 0 spiro atoms. The maximum absolute atomic E-state index is 13.4. The van der Waals surface area contributed by atoms with E-state index < -0.39 is 5.91 Å². The number of pyridine rings is 1. The van der Waals surface area contributed by atoms with Gasteiger partial charge in [-0.25, -0.2) is 0 Å². The Labute approximate surface area is 226 Å². The fourth-order valence-electron chi connectivity index (χ4n) is 4.93. The summed E-state index contributed by atoms with van der Waals surface area (Å²) in [5.74, 6) is 0.705. The lowest BCUT2D eigenvalue weighted by Crippen LogP contribution is -2.51. The van der Waals surface area contributed by atoms with Crippen molar-refractivity contribution in [2.75, 3.05) is 51.8 Å². The first-order chi connectivity index (χ1) is 19.0. The van der Waals surface area contributed by atoms with Gasteiger partial charge in [0.15, 0.2) is 0 Å². The van der Waals surface area contributed by atoms with Crippen molar-refractivity contribution in [3.8, 4) is 17.2 Å². The van der Waals surface area contributed by atoms with Gasteiger partial charge in [-0.1, -0.05) is 42.5 Å². The van der Waals surface area contributed by atoms with Gasteiger partial charge in [-0.2, -0.15) is 0 Å². The highest BCUT2D eigenvalue weighted by atomic mass is 16.5. The molecule has 1 N–H and O–H groups in total. The summed E-state index contributed by atoms with van der Waals surface area (Å²) in [6, 6.07) is 21.9. The molecule has 0 radical (unpaired) electrons. The zero-order chi connectivity index (χ0) is 27.4. The Morgan fingerprint density at radius 1 is 0.769 bits per heavy atom. The second-order valence-electron chi connectivity index (χ2n) is 9.16. The van der Waals surface area contributed by atoms with Crippen LogP contribution >= 0.6 is 0 Å². The molecular formula is C30H30N4O5. The Balaban J connectivity index is 1.32. The predicted octanol–water partition coefficient (Wildman–Crippen LogP) is 3.09. The molecule has 0 unspecified atom stereocenters. The molecule has 1 saturated heterocycles. The molecule has 9 nitrogen and oxygen atoms in total. The average molecular weight is 527 g/mol. The minimum atomic E-state index is -0.434. The molecule has 1 aliphatic heterocycles. The minimum absolute atomic E-state index is 0.143. The van der Waals surface area contributed by atoms with Gasteiger partial charge in [0.05, 0.1) is 37.7 Å². The lowest BCUT2D eigenvalue weighted by molar-refractivity contribution is -0.130. The quantitative estimate of drug-likeness (QED) is 0.398. The van der Waals surface area contributed by atoms with Gasteiger partial charge in [0.25, 0.3) is 11.5 Å². The van der Waals surface area contributed by atoms with Crippen LogP contribution in [0.15, 0.2) is 83.8 Å². The summed E-state index contributed by atoms with van der Waals surface area (Å²) in [4.78, 5) is 43.6. The first-order valence-corrected chi connectivity index (χ1v) is 12.7. The van der Waals surface area contributed by atoms with Gasteiger partial charge in [-0.3, -0.25) is 19.0 Å². The van der Waals surface area contributed by atoms with E-state index in [1.54, 1.807) is 54.5 Å². The van der Waals surface area contributed by atoms with Crippen LogP contribution in [0.2, 0.25) is 0 Å². The molecule has 0 atom stereocenters. The number of benzene rings is 3. The van der Waals surface area contributed by atoms with E-state index in [1.807, 2.05) is 30.3 Å². The van der Waals surface area contributed by atoms with Crippen LogP contribution in [-0.4, -0.2) is 68.2 Å². The molecule has 0 bridgehead atoms. The predicted molar refractivity (Wildman–Crippen MR) is 150 cm³/mol. The Hall–Kier alpha value is -4.79. The number of nitrogens with zero attached hydrogens (tertiary/aromatic N) is 3. The number of aromatic nitrogens is 1. The molecular weight excluding hydrogens is 496 g/mol. The number of anilines is 1. The van der Waals surface area contributed by atoms with Crippen LogP contribution in [0.1, 0.15) is 10.4 Å². The molecule has 3 aromatic carbocycles. The van der Waals surface area contributed by atoms with Gasteiger partial charge in [0.1, 0.15) is 11.5 Å². The molecule has 0 aliphatic carbocycles. The highest BCUT2D eigenvalue weighted by Gasteiger charge is 2.24. The van der Waals surface area contributed by atoms with Crippen LogP contribution in [0, 0.1) is 0 Å². The molecule has 0 saturated carbocycles. The van der Waals surface area contributed by atoms with E-state index in [0.29, 0.717) is 54.0 Å². The van der Waals surface area contributed by atoms with Crippen LogP contribution in [0.4, 0.5) is 5.69 Å². The zero-order valence-electron chi connectivity index (χ0n) is 21.9. The standard InChI is InChI=1S/C30H30N4O5/c1-38-26-13-7-5-11-24(26)32-15-17-33(18-16-32)28(35)19-31-29(36)23-20-34(25-12-6-8-14-27(25)39-2)30(37)22-10-4-3-9-21(22)23/h3-14,20H,15-19H2,1-2H3,(H,31,36). The van der Waals surface area contributed by atoms with Crippen molar-refractivity contribution in [2.45, 2.75) is 0 Å². The van der Waals surface area contributed by atoms with Crippen LogP contribution in [0.3, 0.4) is 0 Å². The summed E-state index contributed by atoms with van der Waals surface area (Å²) in [6.07, 6.45) is 1.51. The highest BCUT2D eigenvalue weighted by Crippen LogP contribution is 2.28. The second kappa shape index (κ2) is 11.3. The summed E-state index contributed by atoms with van der Waals surface area (Å²) in [5, 5.41) is 3.68. The lowest BCUT2D eigenvalue weighted by Gasteiger charge is -2.36. The number of rotatable bonds is 7. The largest absolute Gasteiger partial charge is 0.495 e. The van der Waals surface area contributed by atoms with Crippen molar-refractivity contribution in [3.63, 3.8) is 0 Å². The van der Waals surface area contributed by atoms with Crippen molar-refractivity contribution in [3.05, 3.63) is 94.9 Å². The van der Waals surface area contributed by atoms with Crippen LogP contribution < -0.4 is 25.2 Å². The lowest BCUT2D eigenvalue weighted by atomic mass is 10.1. The number of methoxy groups -OCH3 is 2. The van der Waals surface area contributed by atoms with E-state index in [4.69, 9.17) is 9.47 Å². The number of carbonyl (C=O) groups is 2. The molecule has 1 aliphatic rings. The Morgan fingerprint density at radius 2 is 1.33 bits per heavy atom. The van der Waals surface area contributed by atoms with Crippen molar-refractivity contribution in [1.82, 2.24) is 14.8 Å². The number of fused-ring (bicyclic) bond motifs is 1. The van der Waals surface area contributed by atoms with Gasteiger partial charge >= 0.3 is 0 Å². The number of amides is 2. The number of hydrogen-bond donors (Lipinski definition) is 1. The molecule has 4 aromatic rings. The van der Waals surface area contributed by atoms with Crippen molar-refractivity contribution in [2.24, 2.45) is 0 Å². The SMILES string of the molecule is COc1ccccc1N1CCN(C(=O)CNC(=O)c2cn(-c3ccccc3OC)c(=O)c3ccccc23)CC1. The fraction of sp³-hybridized carbons (Fsp3) is 0.233. The number of carbonyl (C=O) groups excluding carboxylic acids is 2. The van der Waals surface area contributed by atoms with Gasteiger partial charge < -0.3 is 24.6 Å². The fourth-order valence-corrected chi connectivity index (χ4v) is 4.93. The number of ether oxygens (including phenoxy) is 2. The summed E-state index contributed by atoms with van der Waals surface area (Å²) >= 11 is 0. The first kappa shape index (κ1) is 25.8. The summed E-state index contributed by atoms with van der Waals surface area (Å²) in [6.45, 7) is 2.25. The van der Waals surface area contributed by atoms with Crippen LogP contribution in [0.25, 0.3) is 16.5 Å². The molecule has 200 valence electrons. The van der Waals surface area contributed by atoms with E-state index in [2.05, 4.69) is 10.2 Å². The van der Waals surface area contributed by atoms with Gasteiger partial charge in [-0.05, 0) is 30.3 Å². The molecule has 5 rings (SSSR count). The van der Waals surface area contributed by atoms with Crippen molar-refractivity contribution < 1.29 is 19.1 Å². The number of hydrogen-bond acceptors (Lipinski definition) is 6. The van der Waals surface area contributed by atoms with Gasteiger partial charge in [0.2, 0.25) is 5.91 Å². The first-order valence-electron chi connectivity index (χ1n) is 12.7. The number of para-hydroxylation sites is 4. The third kappa shape index (κ3) is 5.16. The summed E-state index contributed by atoms with van der Waals surface area (Å²) in [7, 11) is 3.17. The van der Waals surface area contributed by atoms with Crippen molar-refractivity contribution >= 4 is 28.3 Å². The molecule has 39 heavy (non-hydrogen) atoms. The van der Waals surface area contributed by atoms with E-state index in [9.17, 15) is 14.4 Å². The summed E-state index contributed by atoms with van der Waals surface area (Å²) < 4.78 is 12.3. The normalized spacial score (nSPS) is 13.3. The third-order valence-corrected chi connectivity index (χ3v) is 6.97. The molecule has 9 heteroatoms. The molecule has 1 aromatic heterocycles. The highest BCUT2D eigenvalue weighted by molar-refractivity contribution is 6.07. The van der Waals surface area contributed by atoms with Crippen LogP contribution in [0.5, 0.6) is 11.5 Å². The number of piperazine rings is 1. The minimum Gasteiger partial charge on any atom is -0.495 e. The Morgan fingerprint density at radius 3 is 2.00 bits per heavy atom. The Bertz CT molecular complexity index is 1570.